The molecule has 5 rings (SSSR count). The number of likely N-dealkylation sites (N-methyl/N-ethyl adjacent to an activating group) is 1. The van der Waals surface area contributed by atoms with Gasteiger partial charge in [0.15, 0.2) is 5.71 Å². The predicted molar refractivity (Wildman–Crippen MR) is 173 cm³/mol. The molecule has 230 valence electrons. The highest BCUT2D eigenvalue weighted by molar-refractivity contribution is 6.33. The zero-order valence-corrected chi connectivity index (χ0v) is 27.2. The highest BCUT2D eigenvalue weighted by atomic mass is 35.5. The van der Waals surface area contributed by atoms with Gasteiger partial charge in [-0.3, -0.25) is 12.9 Å². The second kappa shape index (κ2) is 13.3. The number of allylic oxidation sites excluding steroid dienone is 8. The quantitative estimate of drug-likeness (QED) is 0.199. The Morgan fingerprint density at radius 2 is 1.49 bits per heavy atom. The first kappa shape index (κ1) is 34.4. The number of nitrogens with zero attached hydrogens (tertiary/aromatic N) is 2. The summed E-state index contributed by atoms with van der Waals surface area (Å²) in [5.74, 6) is 0. The first-order valence-electron chi connectivity index (χ1n) is 14.8. The molecule has 0 atom stereocenters. The summed E-state index contributed by atoms with van der Waals surface area (Å²) in [7, 11) is -3.67. The van der Waals surface area contributed by atoms with Gasteiger partial charge >= 0.3 is 7.54 Å². The molecule has 1 aliphatic carbocycles. The first-order valence-corrected chi connectivity index (χ1v) is 15.2. The van der Waals surface area contributed by atoms with E-state index in [1.807, 2.05) is 0 Å². The van der Waals surface area contributed by atoms with Gasteiger partial charge in [0.1, 0.15) is 6.54 Å². The summed E-state index contributed by atoms with van der Waals surface area (Å²) in [4.78, 5) is 2.46. The Morgan fingerprint density at radius 1 is 0.884 bits per heavy atom. The molecule has 0 saturated carbocycles. The molecule has 0 unspecified atom stereocenters. The smallest absolute Gasteiger partial charge is 0.762 e. The standard InChI is InChI=1S/C35H42ClN2.BF3.FH/c1-9-37-29-17-11-23(3)21-27(29)34(5,6)31(37)19-15-25-13-14-26(33(25)36)16-20-32-35(7,8)28-22-24(4)12-18-30(28)38(32)10-2;2-1(3)4;/h11-12,15-22H,9-10,13-14H2,1-8H3;;1H/q+1;;/p-1. The molecule has 43 heavy (non-hydrogen) atoms. The minimum atomic E-state index is -3.67. The van der Waals surface area contributed by atoms with E-state index in [0.717, 1.165) is 31.0 Å². The predicted octanol–water partition coefficient (Wildman–Crippen LogP) is 7.05. The van der Waals surface area contributed by atoms with Crippen LogP contribution in [-0.2, 0) is 10.8 Å². The van der Waals surface area contributed by atoms with E-state index in [2.05, 4.69) is 126 Å². The van der Waals surface area contributed by atoms with Crippen molar-refractivity contribution in [3.05, 3.63) is 105 Å². The Bertz CT molecular complexity index is 1530. The highest BCUT2D eigenvalue weighted by Crippen LogP contribution is 2.48. The van der Waals surface area contributed by atoms with E-state index in [1.54, 1.807) is 0 Å². The molecule has 2 aromatic rings. The monoisotopic (exact) mass is 612 g/mol. The van der Waals surface area contributed by atoms with Gasteiger partial charge < -0.3 is 9.60 Å². The van der Waals surface area contributed by atoms with Gasteiger partial charge in [0.05, 0.1) is 5.41 Å². The molecule has 3 aliphatic rings. The topological polar surface area (TPSA) is 6.25 Å². The molecular formula is C35H42BClF4N2. The maximum absolute atomic E-state index is 9.67. The summed E-state index contributed by atoms with van der Waals surface area (Å²) in [5.41, 5.74) is 13.2. The van der Waals surface area contributed by atoms with Crippen LogP contribution in [0.15, 0.2) is 82.6 Å². The number of fused-ring (bicyclic) bond motifs is 2. The third-order valence-electron chi connectivity index (χ3n) is 8.84. The molecule has 0 bridgehead atoms. The van der Waals surface area contributed by atoms with E-state index >= 15 is 0 Å². The van der Waals surface area contributed by atoms with E-state index in [9.17, 15) is 12.9 Å². The zero-order chi connectivity index (χ0) is 31.0. The average molecular weight is 613 g/mol. The van der Waals surface area contributed by atoms with Crippen LogP contribution in [0, 0.1) is 13.8 Å². The van der Waals surface area contributed by atoms with Gasteiger partial charge in [0.2, 0.25) is 5.69 Å². The minimum Gasteiger partial charge on any atom is -1.00 e. The summed E-state index contributed by atoms with van der Waals surface area (Å²) in [6, 6.07) is 13.7. The van der Waals surface area contributed by atoms with E-state index in [1.165, 1.54) is 56.2 Å². The average Bonchev–Trinajstić information content (AvgIpc) is 3.45. The van der Waals surface area contributed by atoms with Gasteiger partial charge in [-0.05, 0) is 89.3 Å². The van der Waals surface area contributed by atoms with Crippen molar-refractivity contribution in [2.75, 3.05) is 18.0 Å². The fourth-order valence-electron chi connectivity index (χ4n) is 6.63. The molecule has 2 heterocycles. The number of rotatable bonds is 5. The van der Waals surface area contributed by atoms with Crippen molar-refractivity contribution in [1.29, 1.82) is 0 Å². The molecule has 0 radical (unpaired) electrons. The molecule has 0 aromatic heterocycles. The molecule has 0 saturated heterocycles. The second-order valence-electron chi connectivity index (χ2n) is 12.3. The molecule has 0 fully saturated rings. The van der Waals surface area contributed by atoms with Crippen LogP contribution in [0.1, 0.15) is 76.6 Å². The van der Waals surface area contributed by atoms with Crippen molar-refractivity contribution in [2.45, 2.75) is 79.1 Å². The Morgan fingerprint density at radius 3 is 2.09 bits per heavy atom. The largest absolute Gasteiger partial charge is 1.00 e. The Hall–Kier alpha value is -3.06. The lowest BCUT2D eigenvalue weighted by Gasteiger charge is -2.26. The van der Waals surface area contributed by atoms with Crippen LogP contribution in [0.25, 0.3) is 0 Å². The van der Waals surface area contributed by atoms with E-state index in [0.29, 0.717) is 0 Å². The summed E-state index contributed by atoms with van der Waals surface area (Å²) < 4.78 is 31.5. The number of anilines is 1. The number of hydrogen-bond donors (Lipinski definition) is 0. The lowest BCUT2D eigenvalue weighted by Crippen LogP contribution is -3.00. The SMILES string of the molecule is CCN1/C(=C/C=C2\CCC(/C=C/C3=[N+](CC)c4ccc(C)cc4C3(C)C)=C2Cl)C(C)(C)c2cc(C)ccc21.FB(F)F.[F-]. The Kier molecular flexibility index (Phi) is 10.6. The molecule has 2 aromatic carbocycles. The third kappa shape index (κ3) is 6.57. The second-order valence-corrected chi connectivity index (χ2v) is 12.7. The summed E-state index contributed by atoms with van der Waals surface area (Å²) in [6.07, 6.45) is 11.1. The van der Waals surface area contributed by atoms with Crippen molar-refractivity contribution >= 4 is 36.2 Å². The molecule has 0 spiro atoms. The molecule has 0 N–H and O–H groups in total. The maximum Gasteiger partial charge on any atom is 0.762 e. The Labute approximate surface area is 259 Å². The van der Waals surface area contributed by atoms with Crippen molar-refractivity contribution in [2.24, 2.45) is 0 Å². The summed E-state index contributed by atoms with van der Waals surface area (Å²) in [6.45, 7) is 20.1. The van der Waals surface area contributed by atoms with Crippen LogP contribution in [0.4, 0.5) is 24.3 Å². The normalized spacial score (nSPS) is 20.0. The van der Waals surface area contributed by atoms with Crippen molar-refractivity contribution in [1.82, 2.24) is 0 Å². The first-order chi connectivity index (χ1) is 19.7. The maximum atomic E-state index is 9.67. The van der Waals surface area contributed by atoms with Crippen LogP contribution in [0.5, 0.6) is 0 Å². The van der Waals surface area contributed by atoms with Gasteiger partial charge in [-0.2, -0.15) is 4.58 Å². The van der Waals surface area contributed by atoms with Crippen molar-refractivity contribution < 1.29 is 22.2 Å². The van der Waals surface area contributed by atoms with Crippen LogP contribution in [-0.4, -0.2) is 30.9 Å². The molecule has 8 heteroatoms. The molecule has 2 aliphatic heterocycles. The van der Waals surface area contributed by atoms with Crippen LogP contribution in [0.3, 0.4) is 0 Å². The number of halogens is 5. The number of aryl methyl sites for hydroxylation is 2. The molecule has 2 nitrogen and oxygen atoms in total. The van der Waals surface area contributed by atoms with Gasteiger partial charge in [-0.1, -0.05) is 66.9 Å². The van der Waals surface area contributed by atoms with E-state index < -0.39 is 7.54 Å². The van der Waals surface area contributed by atoms with Crippen molar-refractivity contribution in [3.63, 3.8) is 0 Å². The number of hydrogen-bond acceptors (Lipinski definition) is 1. The fourth-order valence-corrected chi connectivity index (χ4v) is 6.94. The van der Waals surface area contributed by atoms with Crippen molar-refractivity contribution in [3.8, 4) is 0 Å². The Balaban J connectivity index is 0.000000954. The molecule has 0 amide bonds. The van der Waals surface area contributed by atoms with Gasteiger partial charge in [-0.25, -0.2) is 0 Å². The van der Waals surface area contributed by atoms with Gasteiger partial charge in [0.25, 0.3) is 0 Å². The van der Waals surface area contributed by atoms with Crippen LogP contribution >= 0.6 is 11.6 Å². The zero-order valence-electron chi connectivity index (χ0n) is 26.5. The van der Waals surface area contributed by atoms with E-state index in [4.69, 9.17) is 11.6 Å². The number of benzene rings is 2. The van der Waals surface area contributed by atoms with Crippen LogP contribution < -0.4 is 9.60 Å². The third-order valence-corrected chi connectivity index (χ3v) is 9.32. The van der Waals surface area contributed by atoms with E-state index in [-0.39, 0.29) is 15.5 Å². The van der Waals surface area contributed by atoms with Gasteiger partial charge in [0, 0.05) is 46.1 Å². The summed E-state index contributed by atoms with van der Waals surface area (Å²) >= 11 is 7.01. The fraction of sp³-hybridized carbons (Fsp3) is 0.400. The highest BCUT2D eigenvalue weighted by Gasteiger charge is 2.44. The van der Waals surface area contributed by atoms with Crippen LogP contribution in [0.2, 0.25) is 0 Å². The lowest BCUT2D eigenvalue weighted by molar-refractivity contribution is -0.433. The minimum absolute atomic E-state index is 0. The summed E-state index contributed by atoms with van der Waals surface area (Å²) in [5, 5.41) is 0.915. The molecular weight excluding hydrogens is 571 g/mol. The lowest BCUT2D eigenvalue weighted by atomic mass is 9.81. The van der Waals surface area contributed by atoms with Gasteiger partial charge in [-0.15, -0.1) is 0 Å².